The first-order chi connectivity index (χ1) is 17.8. The van der Waals surface area contributed by atoms with Crippen molar-refractivity contribution in [2.24, 2.45) is 7.05 Å². The molecule has 3 aromatic carbocycles. The van der Waals surface area contributed by atoms with E-state index in [2.05, 4.69) is 115 Å². The molecule has 0 unspecified atom stereocenters. The summed E-state index contributed by atoms with van der Waals surface area (Å²) in [5.74, 6) is -0.138. The Bertz CT molecular complexity index is 1620. The third-order valence-electron chi connectivity index (χ3n) is 9.56. The third kappa shape index (κ3) is 3.45. The molecule has 38 heavy (non-hydrogen) atoms. The van der Waals surface area contributed by atoms with Gasteiger partial charge in [0.25, 0.3) is 0 Å². The van der Waals surface area contributed by atoms with E-state index in [-0.39, 0.29) is 22.1 Å². The van der Waals surface area contributed by atoms with E-state index in [0.29, 0.717) is 0 Å². The van der Waals surface area contributed by atoms with Crippen molar-refractivity contribution in [3.8, 4) is 33.5 Å². The number of pyridine rings is 1. The molecule has 0 saturated carbocycles. The van der Waals surface area contributed by atoms with Gasteiger partial charge in [-0.2, -0.15) is 0 Å². The minimum Gasteiger partial charge on any atom is -0.206 e. The molecule has 6 rings (SSSR count). The van der Waals surface area contributed by atoms with E-state index in [4.69, 9.17) is 0 Å². The smallest absolute Gasteiger partial charge is 0.206 e. The Morgan fingerprint density at radius 3 is 2.03 bits per heavy atom. The lowest BCUT2D eigenvalue weighted by atomic mass is 9.62. The molecule has 1 nitrogen and oxygen atoms in total. The summed E-state index contributed by atoms with van der Waals surface area (Å²) in [4.78, 5) is 0. The molecule has 0 fully saturated rings. The second-order valence-electron chi connectivity index (χ2n) is 13.4. The molecule has 1 aromatic heterocycles. The van der Waals surface area contributed by atoms with E-state index in [9.17, 15) is 0 Å². The summed E-state index contributed by atoms with van der Waals surface area (Å²) >= 11 is 0. The number of rotatable bonds is 2. The Kier molecular flexibility index (Phi) is 5.35. The maximum absolute atomic E-state index is 16.0. The summed E-state index contributed by atoms with van der Waals surface area (Å²) in [5.41, 5.74) is 12.8. The van der Waals surface area contributed by atoms with Gasteiger partial charge in [-0.15, -0.1) is 0 Å². The van der Waals surface area contributed by atoms with Crippen LogP contribution in [0.15, 0.2) is 66.9 Å². The average Bonchev–Trinajstić information content (AvgIpc) is 3.09. The largest absolute Gasteiger partial charge is 0.212 e. The van der Waals surface area contributed by atoms with Gasteiger partial charge in [0.15, 0.2) is 6.20 Å². The van der Waals surface area contributed by atoms with Crippen molar-refractivity contribution in [1.82, 2.24) is 0 Å². The molecule has 0 atom stereocenters. The van der Waals surface area contributed by atoms with E-state index < -0.39 is 0 Å². The third-order valence-corrected chi connectivity index (χ3v) is 9.56. The highest BCUT2D eigenvalue weighted by Gasteiger charge is 2.43. The van der Waals surface area contributed by atoms with Crippen molar-refractivity contribution in [2.75, 3.05) is 0 Å². The fourth-order valence-electron chi connectivity index (χ4n) is 7.30. The Morgan fingerprint density at radius 1 is 0.711 bits per heavy atom. The van der Waals surface area contributed by atoms with Crippen molar-refractivity contribution in [3.63, 3.8) is 0 Å². The molecule has 0 spiro atoms. The highest BCUT2D eigenvalue weighted by atomic mass is 19.1. The van der Waals surface area contributed by atoms with Crippen LogP contribution in [0.5, 0.6) is 0 Å². The lowest BCUT2D eigenvalue weighted by Crippen LogP contribution is -2.33. The number of fused-ring (bicyclic) bond motifs is 4. The zero-order chi connectivity index (χ0) is 27.2. The van der Waals surface area contributed by atoms with Gasteiger partial charge in [0.1, 0.15) is 12.9 Å². The topological polar surface area (TPSA) is 3.88 Å². The van der Waals surface area contributed by atoms with Gasteiger partial charge in [-0.1, -0.05) is 77.9 Å². The molecule has 4 aromatic rings. The quantitative estimate of drug-likeness (QED) is 0.240. The summed E-state index contributed by atoms with van der Waals surface area (Å²) in [6, 6.07) is 21.2. The minimum absolute atomic E-state index is 0.0696. The summed E-state index contributed by atoms with van der Waals surface area (Å²) in [7, 11) is 2.10. The van der Waals surface area contributed by atoms with Gasteiger partial charge in [-0.25, -0.2) is 8.96 Å². The summed E-state index contributed by atoms with van der Waals surface area (Å²) in [6.07, 6.45) is 4.41. The van der Waals surface area contributed by atoms with Crippen LogP contribution in [-0.2, 0) is 23.3 Å². The normalized spacial score (nSPS) is 18.0. The molecule has 2 aliphatic carbocycles. The van der Waals surface area contributed by atoms with Crippen LogP contribution < -0.4 is 4.57 Å². The highest BCUT2D eigenvalue weighted by Crippen LogP contribution is 2.56. The molecule has 2 aliphatic rings. The maximum atomic E-state index is 16.0. The van der Waals surface area contributed by atoms with Gasteiger partial charge in [-0.3, -0.25) is 0 Å². The number of hydrogen-bond acceptors (Lipinski definition) is 0. The van der Waals surface area contributed by atoms with Crippen LogP contribution >= 0.6 is 0 Å². The number of benzene rings is 3. The Hall–Kier alpha value is -3.26. The average molecular weight is 505 g/mol. The molecule has 0 bridgehead atoms. The molecule has 0 radical (unpaired) electrons. The number of nitrogens with zero attached hydrogens (tertiary/aromatic N) is 1. The van der Waals surface area contributed by atoms with Crippen LogP contribution in [0, 0.1) is 12.7 Å². The highest BCUT2D eigenvalue weighted by molar-refractivity contribution is 5.93. The lowest BCUT2D eigenvalue weighted by Gasteiger charge is -2.42. The second-order valence-corrected chi connectivity index (χ2v) is 13.4. The van der Waals surface area contributed by atoms with E-state index in [1.54, 1.807) is 6.07 Å². The molecule has 0 aliphatic heterocycles. The summed E-state index contributed by atoms with van der Waals surface area (Å²) < 4.78 is 18.2. The van der Waals surface area contributed by atoms with Crippen molar-refractivity contribution in [1.29, 1.82) is 0 Å². The number of halogens is 1. The number of hydrogen-bond donors (Lipinski definition) is 0. The zero-order valence-electron chi connectivity index (χ0n) is 24.1. The van der Waals surface area contributed by atoms with Crippen LogP contribution in [0.1, 0.15) is 82.2 Å². The van der Waals surface area contributed by atoms with Crippen molar-refractivity contribution in [3.05, 3.63) is 100 Å². The lowest BCUT2D eigenvalue weighted by molar-refractivity contribution is -0.660. The van der Waals surface area contributed by atoms with Gasteiger partial charge in [0.2, 0.25) is 5.69 Å². The Labute approximate surface area is 227 Å². The van der Waals surface area contributed by atoms with Gasteiger partial charge >= 0.3 is 0 Å². The maximum Gasteiger partial charge on any atom is 0.212 e. The molecule has 194 valence electrons. The van der Waals surface area contributed by atoms with Gasteiger partial charge in [0.05, 0.1) is 5.56 Å². The van der Waals surface area contributed by atoms with Gasteiger partial charge in [-0.05, 0) is 87.2 Å². The van der Waals surface area contributed by atoms with Gasteiger partial charge in [0, 0.05) is 23.1 Å². The molecule has 0 saturated heterocycles. The standard InChI is InChI=1S/C36H39FN/c1-22-12-14-24-25-15-17-28(37)31(23-13-16-26-27(21-23)35(4,5)19-18-34(26,2)3)33(25)36(6,7)32(24)30(22)29-11-9-10-20-38(29)8/h9-17,20-21H,18-19H2,1-8H3/q+1. The molecular weight excluding hydrogens is 465 g/mol. The van der Waals surface area contributed by atoms with Crippen LogP contribution in [-0.4, -0.2) is 0 Å². The first-order valence-electron chi connectivity index (χ1n) is 13.9. The molecule has 2 heteroatoms. The Morgan fingerprint density at radius 2 is 1.34 bits per heavy atom. The van der Waals surface area contributed by atoms with Crippen molar-refractivity contribution < 1.29 is 8.96 Å². The molecular formula is C36H39FN+. The predicted molar refractivity (Wildman–Crippen MR) is 156 cm³/mol. The van der Waals surface area contributed by atoms with Crippen LogP contribution in [0.2, 0.25) is 0 Å². The van der Waals surface area contributed by atoms with E-state index in [0.717, 1.165) is 28.7 Å². The first kappa shape index (κ1) is 25.0. The monoisotopic (exact) mass is 504 g/mol. The van der Waals surface area contributed by atoms with Crippen LogP contribution in [0.4, 0.5) is 4.39 Å². The van der Waals surface area contributed by atoms with Crippen LogP contribution in [0.3, 0.4) is 0 Å². The van der Waals surface area contributed by atoms with Gasteiger partial charge < -0.3 is 0 Å². The fourth-order valence-corrected chi connectivity index (χ4v) is 7.30. The first-order valence-corrected chi connectivity index (χ1v) is 13.9. The minimum atomic E-state index is -0.364. The van der Waals surface area contributed by atoms with Crippen molar-refractivity contribution in [2.45, 2.75) is 77.6 Å². The van der Waals surface area contributed by atoms with Crippen molar-refractivity contribution >= 4 is 0 Å². The summed E-state index contributed by atoms with van der Waals surface area (Å²) in [5, 5.41) is 0. The number of aromatic nitrogens is 1. The predicted octanol–water partition coefficient (Wildman–Crippen LogP) is 8.95. The zero-order valence-corrected chi connectivity index (χ0v) is 24.1. The summed E-state index contributed by atoms with van der Waals surface area (Å²) in [6.45, 7) is 16.1. The SMILES string of the molecule is Cc1ccc2c(c1-c1cccc[n+]1C)C(C)(C)c1c-2ccc(F)c1-c1ccc2c(c1)C(C)(C)CCC2(C)C. The fraction of sp³-hybridized carbons (Fsp3) is 0.361. The molecule has 1 heterocycles. The second kappa shape index (κ2) is 8.12. The van der Waals surface area contributed by atoms with E-state index in [1.165, 1.54) is 45.5 Å². The van der Waals surface area contributed by atoms with Crippen LogP contribution in [0.25, 0.3) is 33.5 Å². The Balaban J connectivity index is 1.63. The van der Waals surface area contributed by atoms with E-state index in [1.807, 2.05) is 6.07 Å². The molecule has 0 amide bonds. The van der Waals surface area contributed by atoms with E-state index >= 15 is 4.39 Å². The molecule has 0 N–H and O–H groups in total. The number of aryl methyl sites for hydroxylation is 2.